The van der Waals surface area contributed by atoms with Gasteiger partial charge in [-0.2, -0.15) is 0 Å². The summed E-state index contributed by atoms with van der Waals surface area (Å²) in [5, 5.41) is 2.67. The Labute approximate surface area is 153 Å². The smallest absolute Gasteiger partial charge is 0.244 e. The Morgan fingerprint density at radius 3 is 2.65 bits per heavy atom. The lowest BCUT2D eigenvalue weighted by atomic mass is 10.2. The van der Waals surface area contributed by atoms with E-state index in [1.807, 2.05) is 32.0 Å². The first kappa shape index (κ1) is 19.5. The molecular formula is C21H24FNO3. The van der Waals surface area contributed by atoms with Gasteiger partial charge in [-0.1, -0.05) is 31.2 Å². The second-order valence-corrected chi connectivity index (χ2v) is 5.63. The van der Waals surface area contributed by atoms with Crippen LogP contribution in [0.25, 0.3) is 6.08 Å². The summed E-state index contributed by atoms with van der Waals surface area (Å²) in [6.45, 7) is 5.23. The van der Waals surface area contributed by atoms with Crippen molar-refractivity contribution in [2.45, 2.75) is 26.8 Å². The fraction of sp³-hybridized carbons (Fsp3) is 0.286. The molecule has 5 heteroatoms. The normalized spacial score (nSPS) is 10.7. The molecule has 0 bridgehead atoms. The summed E-state index contributed by atoms with van der Waals surface area (Å²) in [5.41, 5.74) is 1.27. The molecule has 2 aromatic carbocycles. The number of hydrogen-bond acceptors (Lipinski definition) is 3. The van der Waals surface area contributed by atoms with E-state index in [9.17, 15) is 9.18 Å². The lowest BCUT2D eigenvalue weighted by molar-refractivity contribution is -0.116. The summed E-state index contributed by atoms with van der Waals surface area (Å²) < 4.78 is 24.8. The van der Waals surface area contributed by atoms with Crippen molar-refractivity contribution in [2.24, 2.45) is 0 Å². The predicted octanol–water partition coefficient (Wildman–Crippen LogP) is 4.34. The summed E-state index contributed by atoms with van der Waals surface area (Å²) in [6, 6.07) is 11.9. The molecule has 2 rings (SSSR count). The fourth-order valence-electron chi connectivity index (χ4n) is 2.28. The molecule has 1 amide bonds. The molecule has 0 atom stereocenters. The van der Waals surface area contributed by atoms with Crippen molar-refractivity contribution in [2.75, 3.05) is 13.2 Å². The van der Waals surface area contributed by atoms with Crippen molar-refractivity contribution < 1.29 is 18.7 Å². The van der Waals surface area contributed by atoms with Crippen LogP contribution in [0.3, 0.4) is 0 Å². The highest BCUT2D eigenvalue weighted by Gasteiger charge is 2.06. The first-order chi connectivity index (χ1) is 12.6. The molecule has 0 aliphatic heterocycles. The SMILES string of the molecule is CCCOc1ccc(/C=C/C(=O)NCc2ccccc2F)cc1OCC. The van der Waals surface area contributed by atoms with Crippen molar-refractivity contribution >= 4 is 12.0 Å². The average molecular weight is 357 g/mol. The van der Waals surface area contributed by atoms with Gasteiger partial charge in [-0.25, -0.2) is 4.39 Å². The number of hydrogen-bond donors (Lipinski definition) is 1. The van der Waals surface area contributed by atoms with Crippen molar-refractivity contribution in [3.8, 4) is 11.5 Å². The van der Waals surface area contributed by atoms with E-state index in [0.29, 0.717) is 30.3 Å². The summed E-state index contributed by atoms with van der Waals surface area (Å²) >= 11 is 0. The Hall–Kier alpha value is -2.82. The van der Waals surface area contributed by atoms with Crippen molar-refractivity contribution in [3.05, 3.63) is 65.5 Å². The summed E-state index contributed by atoms with van der Waals surface area (Å²) in [5.74, 6) is 0.711. The Kier molecular flexibility index (Phi) is 7.68. The van der Waals surface area contributed by atoms with Crippen molar-refractivity contribution in [1.82, 2.24) is 5.32 Å². The first-order valence-electron chi connectivity index (χ1n) is 8.73. The van der Waals surface area contributed by atoms with Gasteiger partial charge in [0.25, 0.3) is 0 Å². The fourth-order valence-corrected chi connectivity index (χ4v) is 2.28. The minimum Gasteiger partial charge on any atom is -0.490 e. The van der Waals surface area contributed by atoms with Crippen LogP contribution in [0.15, 0.2) is 48.5 Å². The predicted molar refractivity (Wildman–Crippen MR) is 101 cm³/mol. The summed E-state index contributed by atoms with van der Waals surface area (Å²) in [4.78, 5) is 11.9. The van der Waals surface area contributed by atoms with E-state index in [1.54, 1.807) is 24.3 Å². The lowest BCUT2D eigenvalue weighted by Gasteiger charge is -2.12. The lowest BCUT2D eigenvalue weighted by Crippen LogP contribution is -2.20. The number of rotatable bonds is 9. The summed E-state index contributed by atoms with van der Waals surface area (Å²) in [6.07, 6.45) is 4.01. The number of ether oxygens (including phenoxy) is 2. The Balaban J connectivity index is 1.98. The molecule has 0 radical (unpaired) electrons. The molecule has 0 saturated carbocycles. The molecule has 1 N–H and O–H groups in total. The number of carbonyl (C=O) groups excluding carboxylic acids is 1. The monoisotopic (exact) mass is 357 g/mol. The van der Waals surface area contributed by atoms with Crippen molar-refractivity contribution in [1.29, 1.82) is 0 Å². The molecule has 0 spiro atoms. The Morgan fingerprint density at radius 1 is 1.12 bits per heavy atom. The molecule has 0 fully saturated rings. The van der Waals surface area contributed by atoms with E-state index in [0.717, 1.165) is 12.0 Å². The highest BCUT2D eigenvalue weighted by atomic mass is 19.1. The molecule has 0 aliphatic carbocycles. The van der Waals surface area contributed by atoms with E-state index < -0.39 is 0 Å². The van der Waals surface area contributed by atoms with Crippen LogP contribution in [0.5, 0.6) is 11.5 Å². The van der Waals surface area contributed by atoms with Crippen LogP contribution in [-0.4, -0.2) is 19.1 Å². The maximum Gasteiger partial charge on any atom is 0.244 e. The maximum absolute atomic E-state index is 13.5. The third-order valence-corrected chi connectivity index (χ3v) is 3.57. The molecule has 138 valence electrons. The molecular weight excluding hydrogens is 333 g/mol. The minimum absolute atomic E-state index is 0.143. The number of benzene rings is 2. The molecule has 0 saturated heterocycles. The van der Waals surface area contributed by atoms with Gasteiger partial charge in [0.15, 0.2) is 11.5 Å². The van der Waals surface area contributed by atoms with Crippen LogP contribution in [0, 0.1) is 5.82 Å². The van der Waals surface area contributed by atoms with Gasteiger partial charge in [0.1, 0.15) is 5.82 Å². The van der Waals surface area contributed by atoms with Gasteiger partial charge in [0.2, 0.25) is 5.91 Å². The summed E-state index contributed by atoms with van der Waals surface area (Å²) in [7, 11) is 0. The van der Waals surface area contributed by atoms with Crippen LogP contribution in [-0.2, 0) is 11.3 Å². The van der Waals surface area contributed by atoms with Crippen LogP contribution in [0.2, 0.25) is 0 Å². The van der Waals surface area contributed by atoms with Crippen LogP contribution in [0.1, 0.15) is 31.4 Å². The van der Waals surface area contributed by atoms with Gasteiger partial charge in [0.05, 0.1) is 13.2 Å². The van der Waals surface area contributed by atoms with Crippen LogP contribution < -0.4 is 14.8 Å². The number of carbonyl (C=O) groups is 1. The molecule has 0 unspecified atom stereocenters. The quantitative estimate of drug-likeness (QED) is 0.679. The van der Waals surface area contributed by atoms with Gasteiger partial charge in [-0.05, 0) is 43.2 Å². The van der Waals surface area contributed by atoms with E-state index in [-0.39, 0.29) is 18.3 Å². The van der Waals surface area contributed by atoms with Crippen molar-refractivity contribution in [3.63, 3.8) is 0 Å². The third kappa shape index (κ3) is 5.92. The zero-order valence-electron chi connectivity index (χ0n) is 15.1. The average Bonchev–Trinajstić information content (AvgIpc) is 2.65. The second kappa shape index (κ2) is 10.2. The minimum atomic E-state index is -0.333. The molecule has 26 heavy (non-hydrogen) atoms. The Bertz CT molecular complexity index is 759. The topological polar surface area (TPSA) is 47.6 Å². The van der Waals surface area contributed by atoms with E-state index in [4.69, 9.17) is 9.47 Å². The largest absolute Gasteiger partial charge is 0.490 e. The van der Waals surface area contributed by atoms with E-state index in [1.165, 1.54) is 12.1 Å². The van der Waals surface area contributed by atoms with Gasteiger partial charge >= 0.3 is 0 Å². The third-order valence-electron chi connectivity index (χ3n) is 3.57. The van der Waals surface area contributed by atoms with Gasteiger partial charge in [-0.3, -0.25) is 4.79 Å². The number of halogens is 1. The molecule has 4 nitrogen and oxygen atoms in total. The maximum atomic E-state index is 13.5. The van der Waals surface area contributed by atoms with Crippen LogP contribution in [0.4, 0.5) is 4.39 Å². The van der Waals surface area contributed by atoms with Gasteiger partial charge < -0.3 is 14.8 Å². The zero-order chi connectivity index (χ0) is 18.8. The first-order valence-corrected chi connectivity index (χ1v) is 8.73. The van der Waals surface area contributed by atoms with E-state index >= 15 is 0 Å². The second-order valence-electron chi connectivity index (χ2n) is 5.63. The van der Waals surface area contributed by atoms with E-state index in [2.05, 4.69) is 5.32 Å². The zero-order valence-corrected chi connectivity index (χ0v) is 15.1. The molecule has 0 aliphatic rings. The van der Waals surface area contributed by atoms with Crippen LogP contribution >= 0.6 is 0 Å². The van der Waals surface area contributed by atoms with Gasteiger partial charge in [0, 0.05) is 18.2 Å². The number of amides is 1. The molecule has 2 aromatic rings. The number of nitrogens with one attached hydrogen (secondary N) is 1. The Morgan fingerprint density at radius 2 is 1.92 bits per heavy atom. The van der Waals surface area contributed by atoms with Gasteiger partial charge in [-0.15, -0.1) is 0 Å². The highest BCUT2D eigenvalue weighted by Crippen LogP contribution is 2.29. The molecule has 0 aromatic heterocycles. The highest BCUT2D eigenvalue weighted by molar-refractivity contribution is 5.91. The standard InChI is InChI=1S/C21H24FNO3/c1-3-13-26-19-11-9-16(14-20(19)25-4-2)10-12-21(24)23-15-17-7-5-6-8-18(17)22/h5-12,14H,3-4,13,15H2,1-2H3,(H,23,24)/b12-10+. The molecule has 0 heterocycles.